The third-order valence-corrected chi connectivity index (χ3v) is 5.66. The molecule has 1 heterocycles. The van der Waals surface area contributed by atoms with Crippen LogP contribution in [0.3, 0.4) is 0 Å². The average molecular weight is 333 g/mol. The Morgan fingerprint density at radius 2 is 1.71 bits per heavy atom. The number of aliphatic hydroxyl groups excluding tert-OH is 1. The summed E-state index contributed by atoms with van der Waals surface area (Å²) >= 11 is 0. The van der Waals surface area contributed by atoms with Gasteiger partial charge >= 0.3 is 0 Å². The van der Waals surface area contributed by atoms with Gasteiger partial charge in [0.05, 0.1) is 22.7 Å². The van der Waals surface area contributed by atoms with Crippen molar-refractivity contribution in [2.45, 2.75) is 69.7 Å². The Bertz CT molecular complexity index is 647. The predicted molar refractivity (Wildman–Crippen MR) is 87.1 cm³/mol. The minimum absolute atomic E-state index is 0.0652. The Morgan fingerprint density at radius 3 is 2.33 bits per heavy atom. The van der Waals surface area contributed by atoms with Crippen LogP contribution in [0.25, 0.3) is 0 Å². The number of nitro groups is 1. The average Bonchev–Trinajstić information content (AvgIpc) is 3.20. The van der Waals surface area contributed by atoms with Crippen LogP contribution in [0.1, 0.15) is 69.5 Å². The zero-order valence-electron chi connectivity index (χ0n) is 13.7. The highest BCUT2D eigenvalue weighted by atomic mass is 16.7. The number of nitro benzene ring substituents is 1. The molecule has 2 saturated carbocycles. The second kappa shape index (κ2) is 5.92. The molecule has 1 N–H and O–H groups in total. The molecule has 4 rings (SSSR count). The lowest BCUT2D eigenvalue weighted by Gasteiger charge is -2.31. The van der Waals surface area contributed by atoms with E-state index in [1.165, 1.54) is 6.07 Å². The van der Waals surface area contributed by atoms with Gasteiger partial charge in [-0.05, 0) is 37.7 Å². The molecule has 6 nitrogen and oxygen atoms in total. The van der Waals surface area contributed by atoms with Gasteiger partial charge in [0.15, 0.2) is 11.5 Å². The molecule has 1 spiro atoms. The summed E-state index contributed by atoms with van der Waals surface area (Å²) in [4.78, 5) is 11.1. The Balaban J connectivity index is 1.68. The molecule has 1 aromatic carbocycles. The van der Waals surface area contributed by atoms with E-state index in [4.69, 9.17) is 9.47 Å². The first-order valence-electron chi connectivity index (χ1n) is 8.96. The molecule has 2 fully saturated rings. The van der Waals surface area contributed by atoms with Crippen LogP contribution in [0, 0.1) is 16.0 Å². The predicted octanol–water partition coefficient (Wildman–Crippen LogP) is 4.25. The van der Waals surface area contributed by atoms with Crippen LogP contribution >= 0.6 is 0 Å². The number of nitrogens with zero attached hydrogens (tertiary/aromatic N) is 1. The van der Waals surface area contributed by atoms with E-state index in [-0.39, 0.29) is 11.6 Å². The van der Waals surface area contributed by atoms with Gasteiger partial charge in [0, 0.05) is 12.8 Å². The summed E-state index contributed by atoms with van der Waals surface area (Å²) in [7, 11) is 0. The SMILES string of the molecule is O=[N+]([O-])c1cc2c(cc1C(O)C1CCCC1)OC1(CCCCC1)O2. The van der Waals surface area contributed by atoms with E-state index in [1.807, 2.05) is 0 Å². The minimum atomic E-state index is -0.815. The summed E-state index contributed by atoms with van der Waals surface area (Å²) in [6.07, 6.45) is 7.99. The molecule has 6 heteroatoms. The summed E-state index contributed by atoms with van der Waals surface area (Å²) in [6.45, 7) is 0. The zero-order valence-corrected chi connectivity index (χ0v) is 13.7. The monoisotopic (exact) mass is 333 g/mol. The molecule has 1 atom stereocenters. The smallest absolute Gasteiger partial charge is 0.279 e. The number of benzene rings is 1. The molecule has 2 aliphatic carbocycles. The molecule has 130 valence electrons. The normalized spacial score (nSPS) is 23.5. The molecular formula is C18H23NO5. The Morgan fingerprint density at radius 1 is 1.08 bits per heavy atom. The van der Waals surface area contributed by atoms with E-state index in [2.05, 4.69) is 0 Å². The summed E-state index contributed by atoms with van der Waals surface area (Å²) in [5, 5.41) is 22.2. The van der Waals surface area contributed by atoms with Crippen molar-refractivity contribution in [2.24, 2.45) is 5.92 Å². The van der Waals surface area contributed by atoms with Gasteiger partial charge in [-0.1, -0.05) is 19.3 Å². The van der Waals surface area contributed by atoms with E-state index in [1.54, 1.807) is 6.07 Å². The molecule has 1 aromatic rings. The topological polar surface area (TPSA) is 81.8 Å². The van der Waals surface area contributed by atoms with E-state index in [0.717, 1.165) is 57.8 Å². The second-order valence-corrected chi connectivity index (χ2v) is 7.28. The maximum atomic E-state index is 11.5. The summed E-state index contributed by atoms with van der Waals surface area (Å²) < 4.78 is 12.0. The van der Waals surface area contributed by atoms with Crippen LogP contribution in [-0.2, 0) is 0 Å². The van der Waals surface area contributed by atoms with Crippen LogP contribution in [0.5, 0.6) is 11.5 Å². The van der Waals surface area contributed by atoms with Crippen LogP contribution in [0.2, 0.25) is 0 Å². The van der Waals surface area contributed by atoms with Gasteiger partial charge in [-0.3, -0.25) is 10.1 Å². The minimum Gasteiger partial charge on any atom is -0.448 e. The largest absolute Gasteiger partial charge is 0.448 e. The summed E-state index contributed by atoms with van der Waals surface area (Å²) in [6, 6.07) is 3.08. The summed E-state index contributed by atoms with van der Waals surface area (Å²) in [5.41, 5.74) is 0.298. The molecule has 0 saturated heterocycles. The molecule has 1 unspecified atom stereocenters. The zero-order chi connectivity index (χ0) is 16.7. The molecule has 0 bridgehead atoms. The fourth-order valence-electron chi connectivity index (χ4n) is 4.36. The number of fused-ring (bicyclic) bond motifs is 1. The van der Waals surface area contributed by atoms with Crippen molar-refractivity contribution < 1.29 is 19.5 Å². The van der Waals surface area contributed by atoms with E-state index >= 15 is 0 Å². The number of aliphatic hydroxyl groups is 1. The van der Waals surface area contributed by atoms with Crippen LogP contribution in [0.4, 0.5) is 5.69 Å². The van der Waals surface area contributed by atoms with E-state index in [9.17, 15) is 15.2 Å². The van der Waals surface area contributed by atoms with Crippen molar-refractivity contribution in [3.8, 4) is 11.5 Å². The van der Waals surface area contributed by atoms with Crippen molar-refractivity contribution >= 4 is 5.69 Å². The van der Waals surface area contributed by atoms with Crippen LogP contribution in [0.15, 0.2) is 12.1 Å². The Kier molecular flexibility index (Phi) is 3.87. The van der Waals surface area contributed by atoms with Gasteiger partial charge in [-0.25, -0.2) is 0 Å². The molecule has 24 heavy (non-hydrogen) atoms. The lowest BCUT2D eigenvalue weighted by molar-refractivity contribution is -0.386. The second-order valence-electron chi connectivity index (χ2n) is 7.28. The fourth-order valence-corrected chi connectivity index (χ4v) is 4.36. The van der Waals surface area contributed by atoms with Crippen molar-refractivity contribution in [3.63, 3.8) is 0 Å². The van der Waals surface area contributed by atoms with Gasteiger partial charge in [0.2, 0.25) is 0 Å². The van der Waals surface area contributed by atoms with Gasteiger partial charge in [0.25, 0.3) is 11.5 Å². The van der Waals surface area contributed by atoms with Gasteiger partial charge < -0.3 is 14.6 Å². The van der Waals surface area contributed by atoms with E-state index < -0.39 is 16.8 Å². The maximum Gasteiger partial charge on any atom is 0.279 e. The number of ether oxygens (including phenoxy) is 2. The standard InChI is InChI=1S/C18H23NO5/c20-17(12-6-2-3-7-12)13-10-15-16(11-14(13)19(21)22)24-18(23-15)8-4-1-5-9-18/h10-12,17,20H,1-9H2. The third-order valence-electron chi connectivity index (χ3n) is 5.66. The number of hydrogen-bond acceptors (Lipinski definition) is 5. The Labute approximate surface area is 140 Å². The van der Waals surface area contributed by atoms with Crippen molar-refractivity contribution in [2.75, 3.05) is 0 Å². The van der Waals surface area contributed by atoms with E-state index in [0.29, 0.717) is 17.1 Å². The lowest BCUT2D eigenvalue weighted by Crippen LogP contribution is -2.40. The molecule has 0 aromatic heterocycles. The Hall–Kier alpha value is -1.82. The number of rotatable bonds is 3. The molecule has 0 radical (unpaired) electrons. The molecule has 3 aliphatic rings. The first kappa shape index (κ1) is 15.7. The summed E-state index contributed by atoms with van der Waals surface area (Å²) in [5.74, 6) is 0.402. The first-order chi connectivity index (χ1) is 11.6. The lowest BCUT2D eigenvalue weighted by atomic mass is 9.93. The highest BCUT2D eigenvalue weighted by Crippen LogP contribution is 2.50. The highest BCUT2D eigenvalue weighted by molar-refractivity contribution is 5.56. The molecule has 0 amide bonds. The van der Waals surface area contributed by atoms with Crippen molar-refractivity contribution in [1.82, 2.24) is 0 Å². The van der Waals surface area contributed by atoms with Crippen molar-refractivity contribution in [3.05, 3.63) is 27.8 Å². The molecule has 1 aliphatic heterocycles. The van der Waals surface area contributed by atoms with Gasteiger partial charge in [-0.2, -0.15) is 0 Å². The van der Waals surface area contributed by atoms with Crippen molar-refractivity contribution in [1.29, 1.82) is 0 Å². The fraction of sp³-hybridized carbons (Fsp3) is 0.667. The van der Waals surface area contributed by atoms with Crippen LogP contribution in [-0.4, -0.2) is 15.8 Å². The van der Waals surface area contributed by atoms with Crippen LogP contribution < -0.4 is 9.47 Å². The quantitative estimate of drug-likeness (QED) is 0.660. The van der Waals surface area contributed by atoms with Gasteiger partial charge in [0.1, 0.15) is 0 Å². The van der Waals surface area contributed by atoms with Gasteiger partial charge in [-0.15, -0.1) is 0 Å². The highest BCUT2D eigenvalue weighted by Gasteiger charge is 2.44. The maximum absolute atomic E-state index is 11.5. The third kappa shape index (κ3) is 2.62. The molecular weight excluding hydrogens is 310 g/mol. The first-order valence-corrected chi connectivity index (χ1v) is 8.96. The number of hydrogen-bond donors (Lipinski definition) is 1.